The summed E-state index contributed by atoms with van der Waals surface area (Å²) in [6.45, 7) is 11.8. The topological polar surface area (TPSA) is 32.3 Å². The van der Waals surface area contributed by atoms with Crippen molar-refractivity contribution in [1.29, 1.82) is 0 Å². The number of nitrogens with one attached hydrogen (secondary N) is 1. The minimum absolute atomic E-state index is 0.0376. The van der Waals surface area contributed by atoms with Crippen molar-refractivity contribution in [3.05, 3.63) is 0 Å². The molecule has 0 bridgehead atoms. The third-order valence-corrected chi connectivity index (χ3v) is 4.23. The van der Waals surface area contributed by atoms with E-state index in [2.05, 4.69) is 44.8 Å². The lowest BCUT2D eigenvalue weighted by molar-refractivity contribution is -0.139. The molecule has 2 atom stereocenters. The summed E-state index contributed by atoms with van der Waals surface area (Å²) in [6, 6.07) is 0.794. The lowest BCUT2D eigenvalue weighted by Crippen LogP contribution is -2.56. The third-order valence-electron chi connectivity index (χ3n) is 4.23. The molecular formula is C15H30N2O. The number of likely N-dealkylation sites (tertiary alicyclic amines) is 1. The van der Waals surface area contributed by atoms with Gasteiger partial charge in [-0.05, 0) is 25.7 Å². The molecule has 0 aromatic rings. The first-order valence-electron chi connectivity index (χ1n) is 7.57. The number of amides is 1. The maximum atomic E-state index is 12.5. The summed E-state index contributed by atoms with van der Waals surface area (Å²) in [6.07, 6.45) is 4.43. The second-order valence-electron chi connectivity index (χ2n) is 5.86. The lowest BCUT2D eigenvalue weighted by Gasteiger charge is -2.40. The van der Waals surface area contributed by atoms with Gasteiger partial charge in [0.25, 0.3) is 0 Å². The predicted molar refractivity (Wildman–Crippen MR) is 76.5 cm³/mol. The highest BCUT2D eigenvalue weighted by molar-refractivity contribution is 5.83. The van der Waals surface area contributed by atoms with Crippen molar-refractivity contribution >= 4 is 5.91 Å². The molecule has 1 saturated heterocycles. The summed E-state index contributed by atoms with van der Waals surface area (Å²) >= 11 is 0. The number of carbonyl (C=O) groups is 1. The number of hydrogen-bond donors (Lipinski definition) is 1. The van der Waals surface area contributed by atoms with Crippen molar-refractivity contribution in [2.24, 2.45) is 5.92 Å². The average Bonchev–Trinajstić information content (AvgIpc) is 2.32. The third kappa shape index (κ3) is 3.71. The molecule has 0 spiro atoms. The number of hydrogen-bond acceptors (Lipinski definition) is 2. The Bertz CT molecular complexity index is 261. The molecular weight excluding hydrogens is 224 g/mol. The molecule has 0 aromatic heterocycles. The molecule has 0 aliphatic carbocycles. The van der Waals surface area contributed by atoms with Gasteiger partial charge in [0.05, 0.1) is 6.04 Å². The number of nitrogens with zero attached hydrogens (tertiary/aromatic N) is 1. The van der Waals surface area contributed by atoms with Gasteiger partial charge in [-0.1, -0.05) is 40.5 Å². The highest BCUT2D eigenvalue weighted by atomic mass is 16.2. The van der Waals surface area contributed by atoms with Crippen LogP contribution in [-0.4, -0.2) is 35.5 Å². The summed E-state index contributed by atoms with van der Waals surface area (Å²) < 4.78 is 0. The van der Waals surface area contributed by atoms with E-state index in [4.69, 9.17) is 0 Å². The van der Waals surface area contributed by atoms with Crippen molar-refractivity contribution in [3.8, 4) is 0 Å². The van der Waals surface area contributed by atoms with Crippen LogP contribution in [-0.2, 0) is 4.79 Å². The zero-order valence-corrected chi connectivity index (χ0v) is 12.7. The van der Waals surface area contributed by atoms with E-state index in [0.29, 0.717) is 23.9 Å². The Morgan fingerprint density at radius 2 is 1.89 bits per heavy atom. The molecule has 1 aliphatic rings. The average molecular weight is 254 g/mol. The van der Waals surface area contributed by atoms with Crippen molar-refractivity contribution in [1.82, 2.24) is 10.2 Å². The quantitative estimate of drug-likeness (QED) is 0.790. The van der Waals surface area contributed by atoms with Crippen LogP contribution in [0.1, 0.15) is 60.3 Å². The van der Waals surface area contributed by atoms with Crippen LogP contribution in [0.2, 0.25) is 0 Å². The molecule has 0 saturated carbocycles. The van der Waals surface area contributed by atoms with Crippen LogP contribution in [0.25, 0.3) is 0 Å². The fourth-order valence-corrected chi connectivity index (χ4v) is 3.09. The van der Waals surface area contributed by atoms with Crippen LogP contribution >= 0.6 is 0 Å². The zero-order chi connectivity index (χ0) is 13.7. The lowest BCUT2D eigenvalue weighted by atomic mass is 9.91. The van der Waals surface area contributed by atoms with E-state index in [1.54, 1.807) is 0 Å². The Balaban J connectivity index is 2.67. The molecule has 2 unspecified atom stereocenters. The van der Waals surface area contributed by atoms with Crippen LogP contribution in [0.15, 0.2) is 0 Å². The molecule has 0 radical (unpaired) electrons. The van der Waals surface area contributed by atoms with E-state index in [1.165, 1.54) is 0 Å². The van der Waals surface area contributed by atoms with Gasteiger partial charge in [-0.15, -0.1) is 0 Å². The first kappa shape index (κ1) is 15.5. The Morgan fingerprint density at radius 3 is 2.39 bits per heavy atom. The molecule has 1 rings (SSSR count). The molecule has 1 amide bonds. The van der Waals surface area contributed by atoms with E-state index in [9.17, 15) is 4.79 Å². The van der Waals surface area contributed by atoms with E-state index >= 15 is 0 Å². The Hall–Kier alpha value is -0.570. The first-order valence-corrected chi connectivity index (χ1v) is 7.57. The Kier molecular flexibility index (Phi) is 6.13. The number of carbonyl (C=O) groups excluding carboxylic acids is 1. The van der Waals surface area contributed by atoms with E-state index in [0.717, 1.165) is 32.2 Å². The molecule has 0 aromatic carbocycles. The predicted octanol–water partition coefficient (Wildman–Crippen LogP) is 2.80. The zero-order valence-electron chi connectivity index (χ0n) is 12.7. The molecule has 1 aliphatic heterocycles. The van der Waals surface area contributed by atoms with E-state index < -0.39 is 0 Å². The Morgan fingerprint density at radius 1 is 1.28 bits per heavy atom. The van der Waals surface area contributed by atoms with Gasteiger partial charge in [0.1, 0.15) is 0 Å². The van der Waals surface area contributed by atoms with Gasteiger partial charge in [-0.3, -0.25) is 4.79 Å². The fraction of sp³-hybridized carbons (Fsp3) is 0.933. The number of rotatable bonds is 6. The van der Waals surface area contributed by atoms with Crippen LogP contribution in [0.5, 0.6) is 0 Å². The molecule has 1 fully saturated rings. The van der Waals surface area contributed by atoms with Crippen LogP contribution in [0, 0.1) is 5.92 Å². The highest BCUT2D eigenvalue weighted by Crippen LogP contribution is 2.23. The first-order chi connectivity index (χ1) is 8.51. The summed E-state index contributed by atoms with van der Waals surface area (Å²) in [7, 11) is 0. The number of piperidine rings is 1. The largest absolute Gasteiger partial charge is 0.338 e. The smallest absolute Gasteiger partial charge is 0.239 e. The summed E-state index contributed by atoms with van der Waals surface area (Å²) in [5.41, 5.74) is 0. The summed E-state index contributed by atoms with van der Waals surface area (Å²) in [4.78, 5) is 14.6. The normalized spacial score (nSPS) is 22.9. The molecule has 3 nitrogen and oxygen atoms in total. The minimum atomic E-state index is 0.0376. The maximum Gasteiger partial charge on any atom is 0.239 e. The van der Waals surface area contributed by atoms with Gasteiger partial charge in [-0.25, -0.2) is 0 Å². The molecule has 1 heterocycles. The summed E-state index contributed by atoms with van der Waals surface area (Å²) in [5, 5.41) is 3.40. The monoisotopic (exact) mass is 254 g/mol. The van der Waals surface area contributed by atoms with E-state index in [-0.39, 0.29) is 6.04 Å². The van der Waals surface area contributed by atoms with Crippen molar-refractivity contribution in [3.63, 3.8) is 0 Å². The van der Waals surface area contributed by atoms with Gasteiger partial charge >= 0.3 is 0 Å². The molecule has 18 heavy (non-hydrogen) atoms. The van der Waals surface area contributed by atoms with Crippen molar-refractivity contribution < 1.29 is 4.79 Å². The standard InChI is InChI=1S/C15H30N2O/c1-6-13(7-2)12(5)17-10-8-9-14(15(17)18)16-11(3)4/h11-14,16H,6-10H2,1-5H3. The van der Waals surface area contributed by atoms with Gasteiger partial charge in [0, 0.05) is 18.6 Å². The van der Waals surface area contributed by atoms with Crippen molar-refractivity contribution in [2.45, 2.75) is 78.4 Å². The molecule has 1 N–H and O–H groups in total. The van der Waals surface area contributed by atoms with Crippen molar-refractivity contribution in [2.75, 3.05) is 6.54 Å². The van der Waals surface area contributed by atoms with Crippen LogP contribution in [0.4, 0.5) is 0 Å². The SMILES string of the molecule is CCC(CC)C(C)N1CCCC(NC(C)C)C1=O. The van der Waals surface area contributed by atoms with Crippen LogP contribution in [0.3, 0.4) is 0 Å². The minimum Gasteiger partial charge on any atom is -0.338 e. The van der Waals surface area contributed by atoms with Gasteiger partial charge in [0.15, 0.2) is 0 Å². The molecule has 3 heteroatoms. The highest BCUT2D eigenvalue weighted by Gasteiger charge is 2.33. The van der Waals surface area contributed by atoms with E-state index in [1.807, 2.05) is 0 Å². The molecule has 106 valence electrons. The fourth-order valence-electron chi connectivity index (χ4n) is 3.09. The van der Waals surface area contributed by atoms with Gasteiger partial charge in [-0.2, -0.15) is 0 Å². The summed E-state index contributed by atoms with van der Waals surface area (Å²) in [5.74, 6) is 0.945. The van der Waals surface area contributed by atoms with Crippen LogP contribution < -0.4 is 5.32 Å². The Labute approximate surface area is 112 Å². The second-order valence-corrected chi connectivity index (χ2v) is 5.86. The van der Waals surface area contributed by atoms with Gasteiger partial charge < -0.3 is 10.2 Å². The second kappa shape index (κ2) is 7.13. The maximum absolute atomic E-state index is 12.5. The van der Waals surface area contributed by atoms with Gasteiger partial charge in [0.2, 0.25) is 5.91 Å².